The summed E-state index contributed by atoms with van der Waals surface area (Å²) < 4.78 is 5.34. The molecule has 0 unspecified atom stereocenters. The molecule has 0 saturated heterocycles. The normalized spacial score (nSPS) is 21.7. The highest BCUT2D eigenvalue weighted by molar-refractivity contribution is 5.93. The summed E-state index contributed by atoms with van der Waals surface area (Å²) in [6, 6.07) is 7.36. The van der Waals surface area contributed by atoms with Crippen LogP contribution in [0.25, 0.3) is 0 Å². The minimum Gasteiger partial charge on any atom is -0.449 e. The third kappa shape index (κ3) is 4.73. The van der Waals surface area contributed by atoms with Crippen molar-refractivity contribution in [2.75, 3.05) is 19.0 Å². The number of nitrogens with one attached hydrogen (secondary N) is 1. The van der Waals surface area contributed by atoms with Gasteiger partial charge in [-0.3, -0.25) is 4.79 Å². The second kappa shape index (κ2) is 8.18. The number of ether oxygens (including phenoxy) is 1. The van der Waals surface area contributed by atoms with E-state index in [0.717, 1.165) is 24.9 Å². The molecule has 0 radical (unpaired) electrons. The summed E-state index contributed by atoms with van der Waals surface area (Å²) >= 11 is 0. The van der Waals surface area contributed by atoms with E-state index in [1.165, 1.54) is 6.42 Å². The van der Waals surface area contributed by atoms with Gasteiger partial charge in [0, 0.05) is 25.8 Å². The number of hydrogen-bond acceptors (Lipinski definition) is 4. The van der Waals surface area contributed by atoms with E-state index in [1.807, 2.05) is 25.1 Å². The Morgan fingerprint density at radius 1 is 1.25 bits per heavy atom. The summed E-state index contributed by atoms with van der Waals surface area (Å²) in [6.45, 7) is 3.78. The van der Waals surface area contributed by atoms with Gasteiger partial charge in [0.15, 0.2) is 6.10 Å². The van der Waals surface area contributed by atoms with Crippen LogP contribution in [0.15, 0.2) is 24.3 Å². The van der Waals surface area contributed by atoms with E-state index < -0.39 is 12.1 Å². The Hall–Kier alpha value is -2.04. The van der Waals surface area contributed by atoms with Gasteiger partial charge < -0.3 is 15.0 Å². The van der Waals surface area contributed by atoms with Crippen molar-refractivity contribution in [1.29, 1.82) is 0 Å². The number of carbonyl (C=O) groups is 2. The van der Waals surface area contributed by atoms with Crippen LogP contribution in [-0.4, -0.2) is 38.1 Å². The molecule has 1 fully saturated rings. The number of rotatable bonds is 5. The molecule has 5 nitrogen and oxygen atoms in total. The summed E-state index contributed by atoms with van der Waals surface area (Å²) in [5, 5.41) is 3.03. The van der Waals surface area contributed by atoms with Gasteiger partial charge in [0.2, 0.25) is 0 Å². The zero-order valence-corrected chi connectivity index (χ0v) is 15.0. The Morgan fingerprint density at radius 2 is 1.96 bits per heavy atom. The Bertz CT molecular complexity index is 586. The van der Waals surface area contributed by atoms with Gasteiger partial charge in [-0.05, 0) is 43.9 Å². The molecule has 24 heavy (non-hydrogen) atoms. The maximum absolute atomic E-state index is 12.3. The van der Waals surface area contributed by atoms with E-state index in [2.05, 4.69) is 12.2 Å². The first-order valence-corrected chi connectivity index (χ1v) is 8.67. The second-order valence-corrected chi connectivity index (χ2v) is 6.87. The first kappa shape index (κ1) is 18.3. The first-order chi connectivity index (χ1) is 11.4. The lowest BCUT2D eigenvalue weighted by atomic mass is 9.86. The fourth-order valence-corrected chi connectivity index (χ4v) is 3.02. The van der Waals surface area contributed by atoms with E-state index in [0.29, 0.717) is 11.5 Å². The lowest BCUT2D eigenvalue weighted by Crippen LogP contribution is -2.46. The molecule has 0 bridgehead atoms. The second-order valence-electron chi connectivity index (χ2n) is 6.87. The maximum Gasteiger partial charge on any atom is 0.338 e. The van der Waals surface area contributed by atoms with E-state index in [1.54, 1.807) is 25.1 Å². The van der Waals surface area contributed by atoms with Gasteiger partial charge in [0.25, 0.3) is 5.91 Å². The smallest absolute Gasteiger partial charge is 0.338 e. The molecule has 1 aliphatic rings. The number of hydrogen-bond donors (Lipinski definition) is 1. The first-order valence-electron chi connectivity index (χ1n) is 8.67. The highest BCUT2D eigenvalue weighted by Gasteiger charge is 2.26. The molecule has 1 aromatic rings. The third-order valence-corrected chi connectivity index (χ3v) is 4.69. The van der Waals surface area contributed by atoms with Crippen molar-refractivity contribution in [3.05, 3.63) is 29.8 Å². The monoisotopic (exact) mass is 332 g/mol. The molecule has 2 rings (SSSR count). The fraction of sp³-hybridized carbons (Fsp3) is 0.579. The van der Waals surface area contributed by atoms with Gasteiger partial charge in [-0.1, -0.05) is 25.8 Å². The molecule has 1 N–H and O–H groups in total. The van der Waals surface area contributed by atoms with Crippen molar-refractivity contribution in [1.82, 2.24) is 5.32 Å². The Morgan fingerprint density at radius 3 is 2.62 bits per heavy atom. The standard InChI is InChI=1S/C19H28N2O3/c1-13-8-5-6-11-17(13)20-18(22)14(2)24-19(23)15-9-7-10-16(12-15)21(3)4/h7,9-10,12-14,17H,5-6,8,11H2,1-4H3,(H,20,22)/t13-,14+,17-/m1/s1. The van der Waals surface area contributed by atoms with Gasteiger partial charge in [-0.25, -0.2) is 4.79 Å². The van der Waals surface area contributed by atoms with Crippen molar-refractivity contribution in [3.63, 3.8) is 0 Å². The van der Waals surface area contributed by atoms with E-state index >= 15 is 0 Å². The molecule has 132 valence electrons. The van der Waals surface area contributed by atoms with Crippen LogP contribution in [-0.2, 0) is 9.53 Å². The number of esters is 1. The van der Waals surface area contributed by atoms with Crippen molar-refractivity contribution in [2.24, 2.45) is 5.92 Å². The van der Waals surface area contributed by atoms with Gasteiger partial charge in [0.05, 0.1) is 5.56 Å². The Balaban J connectivity index is 1.93. The van der Waals surface area contributed by atoms with Crippen LogP contribution >= 0.6 is 0 Å². The minimum absolute atomic E-state index is 0.185. The lowest BCUT2D eigenvalue weighted by molar-refractivity contribution is -0.130. The number of benzene rings is 1. The topological polar surface area (TPSA) is 58.6 Å². The van der Waals surface area contributed by atoms with Crippen LogP contribution in [0.5, 0.6) is 0 Å². The van der Waals surface area contributed by atoms with Crippen molar-refractivity contribution >= 4 is 17.6 Å². The Labute approximate surface area is 144 Å². The van der Waals surface area contributed by atoms with E-state index in [9.17, 15) is 9.59 Å². The van der Waals surface area contributed by atoms with Crippen molar-refractivity contribution in [3.8, 4) is 0 Å². The minimum atomic E-state index is -0.797. The van der Waals surface area contributed by atoms with E-state index in [4.69, 9.17) is 4.74 Å². The molecular formula is C19H28N2O3. The molecule has 1 aliphatic carbocycles. The van der Waals surface area contributed by atoms with Crippen molar-refractivity contribution < 1.29 is 14.3 Å². The molecule has 0 heterocycles. The van der Waals surface area contributed by atoms with Gasteiger partial charge in [-0.2, -0.15) is 0 Å². The van der Waals surface area contributed by atoms with Crippen LogP contribution < -0.4 is 10.2 Å². The highest BCUT2D eigenvalue weighted by Crippen LogP contribution is 2.24. The summed E-state index contributed by atoms with van der Waals surface area (Å²) in [7, 11) is 3.82. The fourth-order valence-electron chi connectivity index (χ4n) is 3.02. The number of anilines is 1. The lowest BCUT2D eigenvalue weighted by Gasteiger charge is -2.30. The third-order valence-electron chi connectivity index (χ3n) is 4.69. The van der Waals surface area contributed by atoms with Gasteiger partial charge in [-0.15, -0.1) is 0 Å². The average Bonchev–Trinajstić information content (AvgIpc) is 2.56. The molecule has 0 aliphatic heterocycles. The zero-order chi connectivity index (χ0) is 17.7. The van der Waals surface area contributed by atoms with Crippen LogP contribution in [0.4, 0.5) is 5.69 Å². The Kier molecular flexibility index (Phi) is 6.23. The van der Waals surface area contributed by atoms with Crippen LogP contribution in [0.1, 0.15) is 49.9 Å². The zero-order valence-electron chi connectivity index (χ0n) is 15.0. The average molecular weight is 332 g/mol. The summed E-state index contributed by atoms with van der Waals surface area (Å²) in [5.41, 5.74) is 1.37. The predicted octanol–water partition coefficient (Wildman–Crippen LogP) is 2.99. The molecule has 0 aromatic heterocycles. The van der Waals surface area contributed by atoms with E-state index in [-0.39, 0.29) is 11.9 Å². The molecule has 5 heteroatoms. The summed E-state index contributed by atoms with van der Waals surface area (Å²) in [5.74, 6) is -0.216. The van der Waals surface area contributed by atoms with Gasteiger partial charge in [0.1, 0.15) is 0 Å². The summed E-state index contributed by atoms with van der Waals surface area (Å²) in [4.78, 5) is 26.5. The highest BCUT2D eigenvalue weighted by atomic mass is 16.5. The molecule has 0 spiro atoms. The van der Waals surface area contributed by atoms with Gasteiger partial charge >= 0.3 is 5.97 Å². The molecular weight excluding hydrogens is 304 g/mol. The quantitative estimate of drug-likeness (QED) is 0.842. The SMILES string of the molecule is C[C@H](OC(=O)c1cccc(N(C)C)c1)C(=O)N[C@@H]1CCCC[C@H]1C. The van der Waals surface area contributed by atoms with Crippen LogP contribution in [0, 0.1) is 5.92 Å². The molecule has 1 amide bonds. The maximum atomic E-state index is 12.3. The molecule has 1 aromatic carbocycles. The molecule has 1 saturated carbocycles. The number of amides is 1. The molecule has 3 atom stereocenters. The van der Waals surface area contributed by atoms with Crippen molar-refractivity contribution in [2.45, 2.75) is 51.7 Å². The summed E-state index contributed by atoms with van der Waals surface area (Å²) in [6.07, 6.45) is 3.70. The van der Waals surface area contributed by atoms with Crippen LogP contribution in [0.3, 0.4) is 0 Å². The van der Waals surface area contributed by atoms with Crippen LogP contribution in [0.2, 0.25) is 0 Å². The predicted molar refractivity (Wildman–Crippen MR) is 95.2 cm³/mol. The number of nitrogens with zero attached hydrogens (tertiary/aromatic N) is 1. The largest absolute Gasteiger partial charge is 0.449 e. The number of carbonyl (C=O) groups excluding carboxylic acids is 2.